The summed E-state index contributed by atoms with van der Waals surface area (Å²) < 4.78 is 34.3. The summed E-state index contributed by atoms with van der Waals surface area (Å²) in [5.74, 6) is -0.0852. The van der Waals surface area contributed by atoms with Crippen molar-refractivity contribution < 1.29 is 18.3 Å². The zero-order valence-electron chi connectivity index (χ0n) is 21.2. The number of methoxy groups -OCH3 is 1. The molecule has 9 heteroatoms. The second-order valence-electron chi connectivity index (χ2n) is 9.55. The average molecular weight is 532 g/mol. The molecule has 8 nitrogen and oxygen atoms in total. The predicted octanol–water partition coefficient (Wildman–Crippen LogP) is 4.34. The first kappa shape index (κ1) is 25.8. The van der Waals surface area contributed by atoms with Crippen LogP contribution in [0.4, 0.5) is 0 Å². The van der Waals surface area contributed by atoms with Gasteiger partial charge in [-0.05, 0) is 55.0 Å². The summed E-state index contributed by atoms with van der Waals surface area (Å²) in [6.45, 7) is 2.01. The van der Waals surface area contributed by atoms with Crippen LogP contribution in [0.25, 0.3) is 11.1 Å². The highest BCUT2D eigenvalue weighted by Crippen LogP contribution is 2.35. The van der Waals surface area contributed by atoms with Gasteiger partial charge in [-0.15, -0.1) is 0 Å². The molecular formula is C29H29N3O5S. The molecule has 38 heavy (non-hydrogen) atoms. The van der Waals surface area contributed by atoms with Crippen LogP contribution in [0.3, 0.4) is 0 Å². The van der Waals surface area contributed by atoms with Crippen molar-refractivity contribution >= 4 is 9.84 Å². The molecule has 1 aliphatic carbocycles. The van der Waals surface area contributed by atoms with Crippen molar-refractivity contribution in [3.8, 4) is 17.0 Å². The summed E-state index contributed by atoms with van der Waals surface area (Å²) in [5, 5.41) is 10.8. The van der Waals surface area contributed by atoms with E-state index in [9.17, 15) is 18.3 Å². The fourth-order valence-corrected chi connectivity index (χ4v) is 6.05. The number of rotatable bonds is 9. The average Bonchev–Trinajstić information content (AvgIpc) is 3.73. The first-order valence-corrected chi connectivity index (χ1v) is 13.9. The Morgan fingerprint density at radius 3 is 2.39 bits per heavy atom. The van der Waals surface area contributed by atoms with E-state index >= 15 is 0 Å². The lowest BCUT2D eigenvalue weighted by molar-refractivity contribution is 0.165. The maximum Gasteiger partial charge on any atom is 0.277 e. The van der Waals surface area contributed by atoms with Crippen LogP contribution in [-0.2, 0) is 21.0 Å². The Kier molecular flexibility index (Phi) is 7.14. The Bertz CT molecular complexity index is 1610. The van der Waals surface area contributed by atoms with Crippen LogP contribution in [0.1, 0.15) is 36.0 Å². The third-order valence-electron chi connectivity index (χ3n) is 6.87. The van der Waals surface area contributed by atoms with E-state index in [2.05, 4.69) is 9.97 Å². The Morgan fingerprint density at radius 1 is 1.05 bits per heavy atom. The summed E-state index contributed by atoms with van der Waals surface area (Å²) in [5.41, 5.74) is 2.44. The molecular weight excluding hydrogens is 502 g/mol. The molecule has 0 unspecified atom stereocenters. The van der Waals surface area contributed by atoms with Gasteiger partial charge in [-0.1, -0.05) is 48.5 Å². The molecule has 1 aliphatic rings. The lowest BCUT2D eigenvalue weighted by atomic mass is 10.1. The number of ether oxygens (including phenoxy) is 1. The molecule has 5 rings (SSSR count). The fourth-order valence-electron chi connectivity index (χ4n) is 4.70. The third-order valence-corrected chi connectivity index (χ3v) is 8.66. The minimum Gasteiger partial charge on any atom is -0.492 e. The molecule has 1 N–H and O–H groups in total. The molecule has 4 aromatic rings. The maximum atomic E-state index is 14.0. The fraction of sp³-hybridized carbons (Fsp3) is 0.276. The highest BCUT2D eigenvalue weighted by molar-refractivity contribution is 7.91. The van der Waals surface area contributed by atoms with Crippen LogP contribution in [0.2, 0.25) is 0 Å². The largest absolute Gasteiger partial charge is 0.492 e. The molecule has 1 fully saturated rings. The van der Waals surface area contributed by atoms with E-state index < -0.39 is 32.2 Å². The Hall–Kier alpha value is -3.82. The topological polar surface area (TPSA) is 111 Å². The van der Waals surface area contributed by atoms with Gasteiger partial charge in [0.2, 0.25) is 15.7 Å². The summed E-state index contributed by atoms with van der Waals surface area (Å²) in [4.78, 5) is 21.7. The molecule has 2 aromatic heterocycles. The van der Waals surface area contributed by atoms with Gasteiger partial charge in [-0.25, -0.2) is 8.42 Å². The zero-order chi connectivity index (χ0) is 26.9. The number of benzene rings is 2. The summed E-state index contributed by atoms with van der Waals surface area (Å²) in [6.07, 6.45) is 4.16. The number of aromatic nitrogens is 3. The van der Waals surface area contributed by atoms with Gasteiger partial charge < -0.3 is 9.84 Å². The summed E-state index contributed by atoms with van der Waals surface area (Å²) in [6, 6.07) is 18.6. The first-order valence-electron chi connectivity index (χ1n) is 12.5. The minimum atomic E-state index is -4.39. The quantitative estimate of drug-likeness (QED) is 0.342. The predicted molar refractivity (Wildman–Crippen MR) is 143 cm³/mol. The van der Waals surface area contributed by atoms with Crippen LogP contribution in [0, 0.1) is 12.8 Å². The molecule has 1 atom stereocenters. The van der Waals surface area contributed by atoms with Crippen molar-refractivity contribution in [1.29, 1.82) is 0 Å². The number of aromatic hydroxyl groups is 1. The van der Waals surface area contributed by atoms with Crippen molar-refractivity contribution in [3.05, 3.63) is 100 Å². The molecule has 0 spiro atoms. The Morgan fingerprint density at radius 2 is 1.76 bits per heavy atom. The lowest BCUT2D eigenvalue weighted by Gasteiger charge is -2.24. The van der Waals surface area contributed by atoms with Crippen molar-refractivity contribution in [2.75, 3.05) is 13.7 Å². The molecule has 0 bridgehead atoms. The Balaban J connectivity index is 1.64. The number of sulfone groups is 1. The van der Waals surface area contributed by atoms with E-state index in [-0.39, 0.29) is 11.5 Å². The molecule has 2 heterocycles. The van der Waals surface area contributed by atoms with Crippen molar-refractivity contribution in [2.45, 2.75) is 42.0 Å². The van der Waals surface area contributed by atoms with Crippen molar-refractivity contribution in [2.24, 2.45) is 5.92 Å². The molecule has 0 amide bonds. The third kappa shape index (κ3) is 4.99. The molecule has 0 radical (unpaired) electrons. The summed E-state index contributed by atoms with van der Waals surface area (Å²) >= 11 is 0. The summed E-state index contributed by atoms with van der Waals surface area (Å²) in [7, 11) is -2.87. The van der Waals surface area contributed by atoms with Crippen LogP contribution in [-0.4, -0.2) is 41.8 Å². The number of pyridine rings is 1. The number of aryl methyl sites for hydroxylation is 1. The van der Waals surface area contributed by atoms with Gasteiger partial charge >= 0.3 is 0 Å². The number of hydrogen-bond acceptors (Lipinski definition) is 7. The van der Waals surface area contributed by atoms with E-state index in [1.54, 1.807) is 18.3 Å². The highest BCUT2D eigenvalue weighted by Gasteiger charge is 2.34. The van der Waals surface area contributed by atoms with Crippen LogP contribution in [0.5, 0.6) is 5.88 Å². The minimum absolute atomic E-state index is 0.110. The smallest absolute Gasteiger partial charge is 0.277 e. The highest BCUT2D eigenvalue weighted by atomic mass is 32.2. The van der Waals surface area contributed by atoms with E-state index in [1.807, 2.05) is 49.4 Å². The standard InChI is InChI=1S/C29H29N3O5S/c1-19-24(9-6-16-30-19)21-12-14-23(15-13-21)38(35,36)27-28(33)31-26(17-20-10-11-20)32(29(27)34)25(18-37-2)22-7-4-3-5-8-22/h3-9,12-16,20,25,33H,10-11,17-18H2,1-2H3/t25-/m0/s1. The van der Waals surface area contributed by atoms with E-state index in [4.69, 9.17) is 4.74 Å². The van der Waals surface area contributed by atoms with Crippen LogP contribution < -0.4 is 5.56 Å². The molecule has 0 saturated heterocycles. The SMILES string of the molecule is COC[C@@H](c1ccccc1)n1c(CC2CC2)nc(O)c(S(=O)(=O)c2ccc(-c3cccnc3C)cc2)c1=O. The number of nitrogens with zero attached hydrogens (tertiary/aromatic N) is 3. The van der Waals surface area contributed by atoms with E-state index in [1.165, 1.54) is 23.8 Å². The van der Waals surface area contributed by atoms with Crippen molar-refractivity contribution in [1.82, 2.24) is 14.5 Å². The van der Waals surface area contributed by atoms with Gasteiger partial charge in [0.15, 0.2) is 4.90 Å². The molecule has 2 aromatic carbocycles. The van der Waals surface area contributed by atoms with Gasteiger partial charge in [0.1, 0.15) is 5.82 Å². The van der Waals surface area contributed by atoms with Gasteiger partial charge in [0.25, 0.3) is 5.56 Å². The monoisotopic (exact) mass is 531 g/mol. The van der Waals surface area contributed by atoms with Gasteiger partial charge in [-0.3, -0.25) is 14.3 Å². The molecule has 196 valence electrons. The van der Waals surface area contributed by atoms with E-state index in [0.717, 1.165) is 35.2 Å². The van der Waals surface area contributed by atoms with Crippen LogP contribution in [0.15, 0.2) is 87.5 Å². The second kappa shape index (κ2) is 10.5. The first-order chi connectivity index (χ1) is 18.3. The molecule has 1 saturated carbocycles. The lowest BCUT2D eigenvalue weighted by Crippen LogP contribution is -2.35. The Labute approximate surface area is 221 Å². The van der Waals surface area contributed by atoms with Gasteiger partial charge in [-0.2, -0.15) is 4.98 Å². The van der Waals surface area contributed by atoms with Crippen LogP contribution >= 0.6 is 0 Å². The van der Waals surface area contributed by atoms with Gasteiger partial charge in [0.05, 0.1) is 17.5 Å². The van der Waals surface area contributed by atoms with E-state index in [0.29, 0.717) is 18.2 Å². The van der Waals surface area contributed by atoms with Crippen molar-refractivity contribution in [3.63, 3.8) is 0 Å². The number of hydrogen-bond donors (Lipinski definition) is 1. The normalized spacial score (nSPS) is 14.4. The molecule has 0 aliphatic heterocycles. The second-order valence-corrected chi connectivity index (χ2v) is 11.4. The maximum absolute atomic E-state index is 14.0. The van der Waals surface area contributed by atoms with Gasteiger partial charge in [0, 0.05) is 31.0 Å². The zero-order valence-corrected chi connectivity index (χ0v) is 22.1.